The normalized spacial score (nSPS) is 12.2. The molecule has 2 rings (SSSR count). The minimum absolute atomic E-state index is 0.118. The van der Waals surface area contributed by atoms with Gasteiger partial charge in [0.05, 0.1) is 12.1 Å². The second kappa shape index (κ2) is 15.5. The lowest BCUT2D eigenvalue weighted by atomic mass is 10.2. The van der Waals surface area contributed by atoms with Crippen molar-refractivity contribution in [1.29, 1.82) is 0 Å². The Bertz CT molecular complexity index is 930. The molecule has 0 aliphatic rings. The van der Waals surface area contributed by atoms with Gasteiger partial charge in [0.2, 0.25) is 0 Å². The molecule has 2 N–H and O–H groups in total. The molecular formula is C26H30N2O8. The molecule has 2 amide bonds. The van der Waals surface area contributed by atoms with Crippen LogP contribution in [0.1, 0.15) is 25.0 Å². The van der Waals surface area contributed by atoms with Gasteiger partial charge in [0.25, 0.3) is 0 Å². The number of rotatable bonds is 12. The molecule has 36 heavy (non-hydrogen) atoms. The lowest BCUT2D eigenvalue weighted by molar-refractivity contribution is -0.141. The molecule has 192 valence electrons. The Morgan fingerprint density at radius 3 is 1.36 bits per heavy atom. The van der Waals surface area contributed by atoms with Gasteiger partial charge in [-0.15, -0.1) is 0 Å². The van der Waals surface area contributed by atoms with E-state index in [-0.39, 0.29) is 26.4 Å². The molecule has 0 fully saturated rings. The molecule has 0 spiro atoms. The van der Waals surface area contributed by atoms with Crippen LogP contribution in [0.4, 0.5) is 9.59 Å². The maximum absolute atomic E-state index is 11.8. The maximum Gasteiger partial charge on any atom is 0.407 e. The number of ether oxygens (including phenoxy) is 4. The second-order valence-electron chi connectivity index (χ2n) is 7.81. The molecule has 0 aromatic heterocycles. The topological polar surface area (TPSA) is 129 Å². The van der Waals surface area contributed by atoms with Gasteiger partial charge in [-0.2, -0.15) is 0 Å². The molecular weight excluding hydrogens is 468 g/mol. The van der Waals surface area contributed by atoms with E-state index in [1.165, 1.54) is 0 Å². The lowest BCUT2D eigenvalue weighted by Crippen LogP contribution is -2.36. The van der Waals surface area contributed by atoms with Gasteiger partial charge in [0.1, 0.15) is 26.4 Å². The average Bonchev–Trinajstić information content (AvgIpc) is 2.88. The maximum atomic E-state index is 11.8. The van der Waals surface area contributed by atoms with Gasteiger partial charge in [0.15, 0.2) is 0 Å². The number of benzene rings is 2. The van der Waals surface area contributed by atoms with Crippen molar-refractivity contribution < 1.29 is 38.1 Å². The van der Waals surface area contributed by atoms with E-state index in [4.69, 9.17) is 18.9 Å². The van der Waals surface area contributed by atoms with E-state index in [0.717, 1.165) is 23.3 Å². The molecule has 2 aromatic carbocycles. The average molecular weight is 499 g/mol. The van der Waals surface area contributed by atoms with Crippen molar-refractivity contribution in [2.45, 2.75) is 39.1 Å². The summed E-state index contributed by atoms with van der Waals surface area (Å²) < 4.78 is 20.1. The molecule has 0 aliphatic carbocycles. The highest BCUT2D eigenvalue weighted by Crippen LogP contribution is 2.02. The van der Waals surface area contributed by atoms with Crippen molar-refractivity contribution in [2.24, 2.45) is 0 Å². The first kappa shape index (κ1) is 27.9. The molecule has 10 nitrogen and oxygen atoms in total. The van der Waals surface area contributed by atoms with Crippen molar-refractivity contribution in [3.8, 4) is 0 Å². The fourth-order valence-electron chi connectivity index (χ4n) is 2.66. The largest absolute Gasteiger partial charge is 0.460 e. The molecule has 0 aliphatic heterocycles. The fourth-order valence-corrected chi connectivity index (χ4v) is 2.66. The molecule has 2 atom stereocenters. The number of alkyl carbamates (subject to hydrolysis) is 2. The Kier molecular flexibility index (Phi) is 12.0. The smallest absolute Gasteiger partial charge is 0.407 e. The van der Waals surface area contributed by atoms with Crippen molar-refractivity contribution in [1.82, 2.24) is 10.6 Å². The van der Waals surface area contributed by atoms with Gasteiger partial charge in [-0.3, -0.25) is 0 Å². The molecule has 0 bridgehead atoms. The van der Waals surface area contributed by atoms with E-state index in [1.54, 1.807) is 13.8 Å². The highest BCUT2D eigenvalue weighted by atomic mass is 16.6. The molecule has 0 unspecified atom stereocenters. The number of esters is 2. The van der Waals surface area contributed by atoms with Gasteiger partial charge in [-0.05, 0) is 25.0 Å². The van der Waals surface area contributed by atoms with Crippen LogP contribution in [0.25, 0.3) is 0 Å². The molecule has 0 saturated heterocycles. The third kappa shape index (κ3) is 12.2. The summed E-state index contributed by atoms with van der Waals surface area (Å²) in [7, 11) is 0. The number of hydrogen-bond donors (Lipinski definition) is 2. The first-order chi connectivity index (χ1) is 17.3. The number of amides is 2. The van der Waals surface area contributed by atoms with Crippen LogP contribution >= 0.6 is 0 Å². The SMILES string of the molecule is C[C@H](COC(=O)/C=C/C(=O)OC[C@@H](C)NC(=O)OCc1ccccc1)NC(=O)OCc1ccccc1. The first-order valence-electron chi connectivity index (χ1n) is 11.3. The predicted molar refractivity (Wildman–Crippen MR) is 130 cm³/mol. The van der Waals surface area contributed by atoms with Crippen LogP contribution in [0.2, 0.25) is 0 Å². The van der Waals surface area contributed by atoms with Crippen molar-refractivity contribution in [3.05, 3.63) is 83.9 Å². The monoisotopic (exact) mass is 498 g/mol. The van der Waals surface area contributed by atoms with Gasteiger partial charge in [-0.1, -0.05) is 60.7 Å². The summed E-state index contributed by atoms with van der Waals surface area (Å²) in [6.07, 6.45) is 0.533. The van der Waals surface area contributed by atoms with E-state index in [1.807, 2.05) is 60.7 Å². The fraction of sp³-hybridized carbons (Fsp3) is 0.308. The Morgan fingerprint density at radius 2 is 1.00 bits per heavy atom. The van der Waals surface area contributed by atoms with Crippen molar-refractivity contribution in [3.63, 3.8) is 0 Å². The summed E-state index contributed by atoms with van der Waals surface area (Å²) in [6, 6.07) is 17.4. The van der Waals surface area contributed by atoms with Crippen LogP contribution in [0.3, 0.4) is 0 Å². The van der Waals surface area contributed by atoms with E-state index in [9.17, 15) is 19.2 Å². The summed E-state index contributed by atoms with van der Waals surface area (Å²) in [5.74, 6) is -1.57. The van der Waals surface area contributed by atoms with Crippen LogP contribution in [-0.2, 0) is 41.8 Å². The first-order valence-corrected chi connectivity index (χ1v) is 11.3. The van der Waals surface area contributed by atoms with Gasteiger partial charge >= 0.3 is 24.1 Å². The zero-order chi connectivity index (χ0) is 26.2. The standard InChI is InChI=1S/C26H30N2O8/c1-19(27-25(31)35-17-21-9-5-3-6-10-21)15-33-23(29)13-14-24(30)34-16-20(2)28-26(32)36-18-22-11-7-4-8-12-22/h3-14,19-20H,15-18H2,1-2H3,(H,27,31)(H,28,32)/b14-13+/t19-,20-/m1/s1. The Balaban J connectivity index is 1.56. The summed E-state index contributed by atoms with van der Waals surface area (Å²) in [4.78, 5) is 47.2. The summed E-state index contributed by atoms with van der Waals surface area (Å²) in [6.45, 7) is 3.26. The zero-order valence-electron chi connectivity index (χ0n) is 20.2. The molecule has 10 heteroatoms. The van der Waals surface area contributed by atoms with Crippen LogP contribution < -0.4 is 10.6 Å². The Labute approximate surface area is 209 Å². The van der Waals surface area contributed by atoms with E-state index < -0.39 is 36.2 Å². The third-order valence-electron chi connectivity index (χ3n) is 4.46. The lowest BCUT2D eigenvalue weighted by Gasteiger charge is -2.14. The quantitative estimate of drug-likeness (QED) is 0.259. The number of nitrogens with one attached hydrogen (secondary N) is 2. The van der Waals surface area contributed by atoms with Crippen molar-refractivity contribution in [2.75, 3.05) is 13.2 Å². The summed E-state index contributed by atoms with van der Waals surface area (Å²) in [5.41, 5.74) is 1.69. The van der Waals surface area contributed by atoms with Gasteiger partial charge in [-0.25, -0.2) is 19.2 Å². The van der Waals surface area contributed by atoms with Crippen molar-refractivity contribution >= 4 is 24.1 Å². The molecule has 0 radical (unpaired) electrons. The number of hydrogen-bond acceptors (Lipinski definition) is 8. The number of carbonyl (C=O) groups is 4. The third-order valence-corrected chi connectivity index (χ3v) is 4.46. The highest BCUT2D eigenvalue weighted by Gasteiger charge is 2.12. The van der Waals surface area contributed by atoms with Crippen LogP contribution in [0, 0.1) is 0 Å². The molecule has 2 aromatic rings. The van der Waals surface area contributed by atoms with E-state index in [2.05, 4.69) is 10.6 Å². The minimum Gasteiger partial charge on any atom is -0.460 e. The Morgan fingerprint density at radius 1 is 0.639 bits per heavy atom. The highest BCUT2D eigenvalue weighted by molar-refractivity contribution is 5.91. The summed E-state index contributed by atoms with van der Waals surface area (Å²) in [5, 5.41) is 5.08. The predicted octanol–water partition coefficient (Wildman–Crippen LogP) is 3.26. The van der Waals surface area contributed by atoms with E-state index in [0.29, 0.717) is 0 Å². The van der Waals surface area contributed by atoms with Crippen LogP contribution in [-0.4, -0.2) is 49.4 Å². The minimum atomic E-state index is -0.783. The summed E-state index contributed by atoms with van der Waals surface area (Å²) >= 11 is 0. The second-order valence-corrected chi connectivity index (χ2v) is 7.81. The van der Waals surface area contributed by atoms with Crippen LogP contribution in [0.5, 0.6) is 0 Å². The zero-order valence-corrected chi connectivity index (χ0v) is 20.2. The van der Waals surface area contributed by atoms with Gasteiger partial charge in [0, 0.05) is 12.2 Å². The van der Waals surface area contributed by atoms with Gasteiger partial charge < -0.3 is 29.6 Å². The Hall–Kier alpha value is -4.34. The van der Waals surface area contributed by atoms with E-state index >= 15 is 0 Å². The molecule has 0 heterocycles. The van der Waals surface area contributed by atoms with Crippen LogP contribution in [0.15, 0.2) is 72.8 Å². The molecule has 0 saturated carbocycles. The number of carbonyl (C=O) groups excluding carboxylic acids is 4.